The van der Waals surface area contributed by atoms with E-state index in [0.29, 0.717) is 22.2 Å². The molecule has 2 aromatic heterocycles. The van der Waals surface area contributed by atoms with Crippen molar-refractivity contribution in [1.82, 2.24) is 14.5 Å². The molecule has 4 nitrogen and oxygen atoms in total. The third kappa shape index (κ3) is 3.09. The van der Waals surface area contributed by atoms with Crippen LogP contribution in [0.1, 0.15) is 5.56 Å². The van der Waals surface area contributed by atoms with Crippen LogP contribution in [-0.4, -0.2) is 14.5 Å². The molecule has 2 heterocycles. The van der Waals surface area contributed by atoms with Crippen LogP contribution in [0.3, 0.4) is 0 Å². The third-order valence-electron chi connectivity index (χ3n) is 4.22. The number of benzene rings is 2. The van der Waals surface area contributed by atoms with Crippen LogP contribution in [0.25, 0.3) is 21.9 Å². The Morgan fingerprint density at radius 3 is 2.78 bits per heavy atom. The standard InChI is InChI=1S/C19H12ClF3N4/c1-2-7-27-17-6-3-11(19(21,22)23)8-15(17)25-18(27)26-16-10-24-14-5-4-12(20)9-13(14)16/h1,3-6,8-10,24H,7H2,(H,25,26). The first kappa shape index (κ1) is 17.3. The minimum absolute atomic E-state index is 0.160. The summed E-state index contributed by atoms with van der Waals surface area (Å²) in [4.78, 5) is 7.42. The zero-order chi connectivity index (χ0) is 19.2. The molecule has 0 radical (unpaired) electrons. The van der Waals surface area contributed by atoms with E-state index in [1.807, 2.05) is 6.07 Å². The lowest BCUT2D eigenvalue weighted by atomic mass is 10.2. The normalized spacial score (nSPS) is 11.8. The summed E-state index contributed by atoms with van der Waals surface area (Å²) in [7, 11) is 0. The molecule has 2 aromatic carbocycles. The highest BCUT2D eigenvalue weighted by Crippen LogP contribution is 2.33. The number of hydrogen-bond donors (Lipinski definition) is 2. The van der Waals surface area contributed by atoms with Crippen molar-refractivity contribution in [2.45, 2.75) is 12.7 Å². The second-order valence-corrected chi connectivity index (χ2v) is 6.38. The van der Waals surface area contributed by atoms with Crippen LogP contribution >= 0.6 is 11.6 Å². The first-order chi connectivity index (χ1) is 12.9. The van der Waals surface area contributed by atoms with Crippen LogP contribution in [0.5, 0.6) is 0 Å². The molecule has 0 atom stereocenters. The van der Waals surface area contributed by atoms with Crippen LogP contribution in [0.2, 0.25) is 5.02 Å². The van der Waals surface area contributed by atoms with Gasteiger partial charge in [-0.05, 0) is 36.4 Å². The minimum Gasteiger partial charge on any atom is -0.359 e. The summed E-state index contributed by atoms with van der Waals surface area (Å²) in [6.45, 7) is 0.160. The molecular weight excluding hydrogens is 377 g/mol. The van der Waals surface area contributed by atoms with Gasteiger partial charge in [-0.25, -0.2) is 4.98 Å². The highest BCUT2D eigenvalue weighted by molar-refractivity contribution is 6.31. The molecule has 0 saturated carbocycles. The van der Waals surface area contributed by atoms with E-state index in [4.69, 9.17) is 18.0 Å². The van der Waals surface area contributed by atoms with Crippen molar-refractivity contribution >= 4 is 45.2 Å². The second-order valence-electron chi connectivity index (χ2n) is 5.94. The first-order valence-electron chi connectivity index (χ1n) is 7.91. The van der Waals surface area contributed by atoms with Crippen LogP contribution in [0, 0.1) is 12.3 Å². The van der Waals surface area contributed by atoms with Crippen molar-refractivity contribution in [2.75, 3.05) is 5.32 Å². The van der Waals surface area contributed by atoms with Gasteiger partial charge in [-0.3, -0.25) is 4.57 Å². The third-order valence-corrected chi connectivity index (χ3v) is 4.45. The second kappa shape index (κ2) is 6.25. The Morgan fingerprint density at radius 2 is 2.04 bits per heavy atom. The Labute approximate surface area is 157 Å². The highest BCUT2D eigenvalue weighted by Gasteiger charge is 2.31. The predicted molar refractivity (Wildman–Crippen MR) is 100 cm³/mol. The summed E-state index contributed by atoms with van der Waals surface area (Å²) < 4.78 is 40.6. The maximum Gasteiger partial charge on any atom is 0.416 e. The molecule has 0 saturated heterocycles. The van der Waals surface area contributed by atoms with Gasteiger partial charge in [0.15, 0.2) is 0 Å². The molecule has 27 heavy (non-hydrogen) atoms. The van der Waals surface area contributed by atoms with Crippen molar-refractivity contribution < 1.29 is 13.2 Å². The number of fused-ring (bicyclic) bond motifs is 2. The Hall–Kier alpha value is -3.11. The summed E-state index contributed by atoms with van der Waals surface area (Å²) in [5, 5.41) is 4.54. The van der Waals surface area contributed by atoms with Crippen molar-refractivity contribution in [1.29, 1.82) is 0 Å². The summed E-state index contributed by atoms with van der Waals surface area (Å²) in [6.07, 6.45) is 2.73. The number of alkyl halides is 3. The van der Waals surface area contributed by atoms with Gasteiger partial charge < -0.3 is 10.3 Å². The topological polar surface area (TPSA) is 45.6 Å². The van der Waals surface area contributed by atoms with Gasteiger partial charge in [0.1, 0.15) is 0 Å². The van der Waals surface area contributed by atoms with Crippen LogP contribution in [-0.2, 0) is 12.7 Å². The molecule has 0 aliphatic rings. The lowest BCUT2D eigenvalue weighted by Gasteiger charge is -2.08. The molecular formula is C19H12ClF3N4. The lowest BCUT2D eigenvalue weighted by Crippen LogP contribution is -2.04. The molecule has 0 bridgehead atoms. The largest absolute Gasteiger partial charge is 0.416 e. The van der Waals surface area contributed by atoms with Gasteiger partial charge in [-0.2, -0.15) is 13.2 Å². The summed E-state index contributed by atoms with van der Waals surface area (Å²) in [5.41, 5.74) is 1.52. The Kier molecular flexibility index (Phi) is 4.01. The van der Waals surface area contributed by atoms with Crippen molar-refractivity contribution in [3.63, 3.8) is 0 Å². The fraction of sp³-hybridized carbons (Fsp3) is 0.105. The average Bonchev–Trinajstić information content (AvgIpc) is 3.16. The zero-order valence-corrected chi connectivity index (χ0v) is 14.5. The summed E-state index contributed by atoms with van der Waals surface area (Å²) in [6, 6.07) is 8.79. The number of hydrogen-bond acceptors (Lipinski definition) is 2. The summed E-state index contributed by atoms with van der Waals surface area (Å²) >= 11 is 6.06. The molecule has 4 rings (SSSR count). The molecule has 0 aliphatic heterocycles. The van der Waals surface area contributed by atoms with E-state index in [0.717, 1.165) is 23.0 Å². The number of anilines is 2. The molecule has 0 fully saturated rings. The van der Waals surface area contributed by atoms with E-state index in [1.165, 1.54) is 6.07 Å². The number of imidazole rings is 1. The molecule has 0 aliphatic carbocycles. The van der Waals surface area contributed by atoms with Gasteiger partial charge in [0, 0.05) is 22.1 Å². The number of H-pyrrole nitrogens is 1. The number of aromatic nitrogens is 3. The molecule has 4 aromatic rings. The molecule has 8 heteroatoms. The molecule has 136 valence electrons. The van der Waals surface area contributed by atoms with Gasteiger partial charge in [0.25, 0.3) is 0 Å². The maximum atomic E-state index is 13.0. The molecule has 0 unspecified atom stereocenters. The number of aromatic amines is 1. The molecule has 0 spiro atoms. The predicted octanol–water partition coefficient (Wildman–Crippen LogP) is 5.57. The quantitative estimate of drug-likeness (QED) is 0.451. The Bertz CT molecular complexity index is 1200. The SMILES string of the molecule is C#CCn1c(Nc2c[nH]c3ccc(Cl)cc23)nc2cc(C(F)(F)F)ccc21. The molecule has 0 amide bonds. The number of nitrogens with one attached hydrogen (secondary N) is 2. The van der Waals surface area contributed by atoms with Crippen LogP contribution < -0.4 is 5.32 Å². The fourth-order valence-corrected chi connectivity index (χ4v) is 3.14. The van der Waals surface area contributed by atoms with E-state index < -0.39 is 11.7 Å². The van der Waals surface area contributed by atoms with Gasteiger partial charge in [-0.15, -0.1) is 6.42 Å². The van der Waals surface area contributed by atoms with Crippen molar-refractivity contribution in [2.24, 2.45) is 0 Å². The fourth-order valence-electron chi connectivity index (χ4n) is 2.97. The summed E-state index contributed by atoms with van der Waals surface area (Å²) in [5.74, 6) is 2.86. The van der Waals surface area contributed by atoms with E-state index >= 15 is 0 Å². The van der Waals surface area contributed by atoms with Crippen molar-refractivity contribution in [3.05, 3.63) is 53.2 Å². The van der Waals surface area contributed by atoms with E-state index in [9.17, 15) is 13.2 Å². The van der Waals surface area contributed by atoms with E-state index in [-0.39, 0.29) is 12.1 Å². The number of terminal acetylenes is 1. The lowest BCUT2D eigenvalue weighted by molar-refractivity contribution is -0.137. The Balaban J connectivity index is 1.83. The van der Waals surface area contributed by atoms with E-state index in [2.05, 4.69) is 21.2 Å². The minimum atomic E-state index is -4.44. The van der Waals surface area contributed by atoms with Gasteiger partial charge >= 0.3 is 6.18 Å². The van der Waals surface area contributed by atoms with E-state index in [1.54, 1.807) is 22.9 Å². The average molecular weight is 389 g/mol. The Morgan fingerprint density at radius 1 is 1.22 bits per heavy atom. The maximum absolute atomic E-state index is 13.0. The number of rotatable bonds is 3. The zero-order valence-electron chi connectivity index (χ0n) is 13.7. The van der Waals surface area contributed by atoms with Crippen molar-refractivity contribution in [3.8, 4) is 12.3 Å². The van der Waals surface area contributed by atoms with Gasteiger partial charge in [0.05, 0.1) is 28.8 Å². The number of nitrogens with zero attached hydrogens (tertiary/aromatic N) is 2. The van der Waals surface area contributed by atoms with Gasteiger partial charge in [0.2, 0.25) is 5.95 Å². The smallest absolute Gasteiger partial charge is 0.359 e. The molecule has 2 N–H and O–H groups in total. The monoisotopic (exact) mass is 388 g/mol. The first-order valence-corrected chi connectivity index (χ1v) is 8.29. The van der Waals surface area contributed by atoms with Gasteiger partial charge in [-0.1, -0.05) is 17.5 Å². The van der Waals surface area contributed by atoms with Crippen LogP contribution in [0.15, 0.2) is 42.6 Å². The van der Waals surface area contributed by atoms with Crippen LogP contribution in [0.4, 0.5) is 24.8 Å². The number of halogens is 4. The highest BCUT2D eigenvalue weighted by atomic mass is 35.5.